The molecular weight excluding hydrogens is 328 g/mol. The van der Waals surface area contributed by atoms with E-state index in [1.165, 1.54) is 0 Å². The van der Waals surface area contributed by atoms with Crippen LogP contribution in [0.15, 0.2) is 42.5 Å². The molecule has 1 aliphatic heterocycles. The summed E-state index contributed by atoms with van der Waals surface area (Å²) in [4.78, 5) is 0. The minimum atomic E-state index is -3.48. The monoisotopic (exact) mass is 344 g/mol. The lowest BCUT2D eigenvalue weighted by molar-refractivity contribution is 0.171. The molecule has 1 aliphatic rings. The molecule has 0 saturated carbocycles. The highest BCUT2D eigenvalue weighted by molar-refractivity contribution is 7.88. The Morgan fingerprint density at radius 1 is 1.00 bits per heavy atom. The lowest BCUT2D eigenvalue weighted by Crippen LogP contribution is -2.25. The number of nitrogens with zero attached hydrogens (tertiary/aromatic N) is 1. The number of hydrogen-bond donors (Lipinski definition) is 1. The average Bonchev–Trinajstić information content (AvgIpc) is 2.60. The first-order valence-corrected chi connectivity index (χ1v) is 9.06. The zero-order chi connectivity index (χ0) is 17.0. The minimum Gasteiger partial charge on any atom is -0.486 e. The Bertz CT molecular complexity index is 870. The number of nitrogens with one attached hydrogen (secondary N) is 1. The van der Waals surface area contributed by atoms with Gasteiger partial charge < -0.3 is 9.47 Å². The molecule has 7 heteroatoms. The van der Waals surface area contributed by atoms with Crippen LogP contribution in [0.5, 0.6) is 11.5 Å². The van der Waals surface area contributed by atoms with Crippen LogP contribution < -0.4 is 14.2 Å². The SMILES string of the molecule is N#Cc1ccc(CS(=O)(=O)NCc2ccc3c(c2)OCCO3)cc1. The van der Waals surface area contributed by atoms with Crippen LogP contribution in [-0.2, 0) is 22.3 Å². The third-order valence-corrected chi connectivity index (χ3v) is 4.84. The molecule has 0 aromatic heterocycles. The molecule has 0 atom stereocenters. The molecule has 0 spiro atoms. The number of ether oxygens (including phenoxy) is 2. The maximum atomic E-state index is 12.2. The summed E-state index contributed by atoms with van der Waals surface area (Å²) in [5.74, 6) is 1.17. The van der Waals surface area contributed by atoms with E-state index in [1.54, 1.807) is 42.5 Å². The third-order valence-electron chi connectivity index (χ3n) is 3.54. The second kappa shape index (κ2) is 6.91. The molecule has 1 heterocycles. The maximum Gasteiger partial charge on any atom is 0.216 e. The van der Waals surface area contributed by atoms with Crippen molar-refractivity contribution in [3.63, 3.8) is 0 Å². The number of hydrogen-bond acceptors (Lipinski definition) is 5. The standard InChI is InChI=1S/C17H16N2O4S/c18-10-13-1-3-14(4-2-13)12-24(20,21)19-11-15-5-6-16-17(9-15)23-8-7-22-16/h1-6,9,19H,7-8,11-12H2. The fraction of sp³-hybridized carbons (Fsp3) is 0.235. The number of benzene rings is 2. The Labute approximate surface area is 140 Å². The largest absolute Gasteiger partial charge is 0.486 e. The van der Waals surface area contributed by atoms with Gasteiger partial charge in [-0.05, 0) is 35.4 Å². The van der Waals surface area contributed by atoms with Crippen LogP contribution in [0.4, 0.5) is 0 Å². The van der Waals surface area contributed by atoms with Crippen molar-refractivity contribution in [2.75, 3.05) is 13.2 Å². The fourth-order valence-electron chi connectivity index (χ4n) is 2.34. The van der Waals surface area contributed by atoms with E-state index in [0.717, 1.165) is 5.56 Å². The summed E-state index contributed by atoms with van der Waals surface area (Å²) in [6, 6.07) is 13.8. The van der Waals surface area contributed by atoms with Gasteiger partial charge in [0.25, 0.3) is 0 Å². The molecule has 6 nitrogen and oxygen atoms in total. The van der Waals surface area contributed by atoms with Crippen molar-refractivity contribution in [2.45, 2.75) is 12.3 Å². The van der Waals surface area contributed by atoms with Gasteiger partial charge in [-0.1, -0.05) is 18.2 Å². The summed E-state index contributed by atoms with van der Waals surface area (Å²) in [5, 5.41) is 8.76. The van der Waals surface area contributed by atoms with Crippen molar-refractivity contribution >= 4 is 10.0 Å². The van der Waals surface area contributed by atoms with Crippen LogP contribution in [0.25, 0.3) is 0 Å². The second-order valence-electron chi connectivity index (χ2n) is 5.37. The smallest absolute Gasteiger partial charge is 0.216 e. The van der Waals surface area contributed by atoms with Gasteiger partial charge in [-0.3, -0.25) is 0 Å². The number of sulfonamides is 1. The van der Waals surface area contributed by atoms with E-state index in [4.69, 9.17) is 14.7 Å². The van der Waals surface area contributed by atoms with E-state index >= 15 is 0 Å². The lowest BCUT2D eigenvalue weighted by atomic mass is 10.2. The van der Waals surface area contributed by atoms with E-state index in [-0.39, 0.29) is 12.3 Å². The highest BCUT2D eigenvalue weighted by Crippen LogP contribution is 2.30. The van der Waals surface area contributed by atoms with E-state index in [9.17, 15) is 8.42 Å². The van der Waals surface area contributed by atoms with Gasteiger partial charge in [-0.2, -0.15) is 5.26 Å². The van der Waals surface area contributed by atoms with Crippen LogP contribution in [0, 0.1) is 11.3 Å². The average molecular weight is 344 g/mol. The Hall–Kier alpha value is -2.56. The number of nitriles is 1. The highest BCUT2D eigenvalue weighted by Gasteiger charge is 2.14. The molecule has 0 amide bonds. The summed E-state index contributed by atoms with van der Waals surface area (Å²) in [7, 11) is -3.48. The molecule has 3 rings (SSSR count). The third kappa shape index (κ3) is 4.04. The quantitative estimate of drug-likeness (QED) is 0.895. The zero-order valence-corrected chi connectivity index (χ0v) is 13.7. The minimum absolute atomic E-state index is 0.136. The predicted molar refractivity (Wildman–Crippen MR) is 88.1 cm³/mol. The van der Waals surface area contributed by atoms with Gasteiger partial charge in [0.15, 0.2) is 11.5 Å². The van der Waals surface area contributed by atoms with Gasteiger partial charge in [0.05, 0.1) is 17.4 Å². The summed E-state index contributed by atoms with van der Waals surface area (Å²) in [6.07, 6.45) is 0. The van der Waals surface area contributed by atoms with E-state index < -0.39 is 10.0 Å². The zero-order valence-electron chi connectivity index (χ0n) is 12.9. The van der Waals surface area contributed by atoms with Crippen LogP contribution in [-0.4, -0.2) is 21.6 Å². The molecule has 0 radical (unpaired) electrons. The Morgan fingerprint density at radius 3 is 2.38 bits per heavy atom. The topological polar surface area (TPSA) is 88.4 Å². The van der Waals surface area contributed by atoms with Gasteiger partial charge in [0.2, 0.25) is 10.0 Å². The molecule has 24 heavy (non-hydrogen) atoms. The fourth-order valence-corrected chi connectivity index (χ4v) is 3.46. The van der Waals surface area contributed by atoms with Crippen molar-refractivity contribution < 1.29 is 17.9 Å². The van der Waals surface area contributed by atoms with Crippen molar-refractivity contribution in [1.82, 2.24) is 4.72 Å². The van der Waals surface area contributed by atoms with Crippen LogP contribution in [0.3, 0.4) is 0 Å². The Balaban J connectivity index is 1.63. The van der Waals surface area contributed by atoms with Crippen molar-refractivity contribution in [2.24, 2.45) is 0 Å². The second-order valence-corrected chi connectivity index (χ2v) is 7.17. The molecule has 124 valence electrons. The molecule has 0 bridgehead atoms. The van der Waals surface area contributed by atoms with Crippen LogP contribution in [0.1, 0.15) is 16.7 Å². The number of rotatable bonds is 5. The summed E-state index contributed by atoms with van der Waals surface area (Å²) < 4.78 is 37.9. The summed E-state index contributed by atoms with van der Waals surface area (Å²) in [6.45, 7) is 1.18. The normalized spacial score (nSPS) is 13.3. The van der Waals surface area contributed by atoms with Crippen molar-refractivity contribution in [1.29, 1.82) is 5.26 Å². The molecule has 0 saturated heterocycles. The predicted octanol–water partition coefficient (Wildman–Crippen LogP) is 1.95. The lowest BCUT2D eigenvalue weighted by Gasteiger charge is -2.19. The molecule has 0 fully saturated rings. The van der Waals surface area contributed by atoms with Crippen LogP contribution >= 0.6 is 0 Å². The van der Waals surface area contributed by atoms with Gasteiger partial charge in [0, 0.05) is 6.54 Å². The van der Waals surface area contributed by atoms with E-state index in [0.29, 0.717) is 35.8 Å². The highest BCUT2D eigenvalue weighted by atomic mass is 32.2. The molecule has 1 N–H and O–H groups in total. The van der Waals surface area contributed by atoms with Crippen molar-refractivity contribution in [3.05, 3.63) is 59.2 Å². The maximum absolute atomic E-state index is 12.2. The molecule has 2 aromatic rings. The Kier molecular flexibility index (Phi) is 4.69. The Morgan fingerprint density at radius 2 is 1.67 bits per heavy atom. The summed E-state index contributed by atoms with van der Waals surface area (Å²) >= 11 is 0. The van der Waals surface area contributed by atoms with Gasteiger partial charge >= 0.3 is 0 Å². The first-order valence-electron chi connectivity index (χ1n) is 7.41. The number of fused-ring (bicyclic) bond motifs is 1. The molecular formula is C17H16N2O4S. The van der Waals surface area contributed by atoms with Crippen molar-refractivity contribution in [3.8, 4) is 17.6 Å². The molecule has 0 unspecified atom stereocenters. The van der Waals surface area contributed by atoms with Crippen LogP contribution in [0.2, 0.25) is 0 Å². The van der Waals surface area contributed by atoms with Gasteiger partial charge in [0.1, 0.15) is 13.2 Å². The van der Waals surface area contributed by atoms with E-state index in [2.05, 4.69) is 4.72 Å². The van der Waals surface area contributed by atoms with Gasteiger partial charge in [-0.15, -0.1) is 0 Å². The molecule has 0 aliphatic carbocycles. The first kappa shape index (κ1) is 16.3. The first-order chi connectivity index (χ1) is 11.6. The molecule has 2 aromatic carbocycles. The van der Waals surface area contributed by atoms with Gasteiger partial charge in [-0.25, -0.2) is 13.1 Å². The summed E-state index contributed by atoms with van der Waals surface area (Å²) in [5.41, 5.74) is 1.92. The van der Waals surface area contributed by atoms with E-state index in [1.807, 2.05) is 6.07 Å².